The first-order chi connectivity index (χ1) is 13.1. The van der Waals surface area contributed by atoms with E-state index in [1.165, 1.54) is 24.7 Å². The number of nitrogens with one attached hydrogen (secondary N) is 2. The molecular weight excluding hydrogens is 397 g/mol. The molecule has 28 heavy (non-hydrogen) atoms. The van der Waals surface area contributed by atoms with E-state index in [0.717, 1.165) is 9.87 Å². The minimum atomic E-state index is -2.27. The van der Waals surface area contributed by atoms with E-state index < -0.39 is 17.1 Å². The molecule has 0 aliphatic heterocycles. The summed E-state index contributed by atoms with van der Waals surface area (Å²) in [5.74, 6) is -0.568. The van der Waals surface area contributed by atoms with Gasteiger partial charge in [0, 0.05) is 20.1 Å². The molecule has 8 heteroatoms. The van der Waals surface area contributed by atoms with Gasteiger partial charge in [-0.2, -0.15) is 0 Å². The lowest BCUT2D eigenvalue weighted by atomic mass is 9.87. The van der Waals surface area contributed by atoms with Crippen molar-refractivity contribution in [3.8, 4) is 0 Å². The van der Waals surface area contributed by atoms with Crippen molar-refractivity contribution in [2.24, 2.45) is 0 Å². The van der Waals surface area contributed by atoms with E-state index in [4.69, 9.17) is 16.8 Å². The van der Waals surface area contributed by atoms with Crippen LogP contribution in [-0.4, -0.2) is 20.9 Å². The molecule has 3 N–H and O–H groups in total. The Kier molecular flexibility index (Phi) is 7.51. The summed E-state index contributed by atoms with van der Waals surface area (Å²) in [5.41, 5.74) is 3.25. The number of hydrogen-bond donors (Lipinski definition) is 3. The van der Waals surface area contributed by atoms with Gasteiger partial charge < -0.3 is 10.6 Å². The Morgan fingerprint density at radius 2 is 1.64 bits per heavy atom. The van der Waals surface area contributed by atoms with E-state index in [0.29, 0.717) is 23.8 Å². The zero-order chi connectivity index (χ0) is 20.9. The van der Waals surface area contributed by atoms with Gasteiger partial charge in [0.15, 0.2) is 5.11 Å². The van der Waals surface area contributed by atoms with Crippen LogP contribution >= 0.6 is 12.2 Å². The molecule has 2 aromatic carbocycles. The maximum Gasteiger partial charge on any atom is 0.261 e. The topological polar surface area (TPSA) is 64.6 Å². The van der Waals surface area contributed by atoms with Crippen LogP contribution in [0.4, 0.5) is 10.1 Å². The number of halogens is 1. The van der Waals surface area contributed by atoms with Gasteiger partial charge in [-0.05, 0) is 46.5 Å². The molecule has 0 amide bonds. The van der Waals surface area contributed by atoms with Crippen LogP contribution in [0.15, 0.2) is 42.5 Å². The average molecular weight is 424 g/mol. The van der Waals surface area contributed by atoms with Crippen molar-refractivity contribution in [2.75, 3.05) is 11.4 Å². The maximum absolute atomic E-state index is 14.1. The minimum absolute atomic E-state index is 0.0592. The van der Waals surface area contributed by atoms with Crippen molar-refractivity contribution in [1.82, 2.24) is 10.6 Å². The summed E-state index contributed by atoms with van der Waals surface area (Å²) in [6.45, 7) is 7.47. The zero-order valence-corrected chi connectivity index (χ0v) is 18.1. The first-order valence-electron chi connectivity index (χ1n) is 8.82. The summed E-state index contributed by atoms with van der Waals surface area (Å²) in [4.78, 5) is 0. The first-order valence-corrected chi connectivity index (χ1v) is 10.3. The Morgan fingerprint density at radius 3 is 2.14 bits per heavy atom. The Labute approximate surface area is 173 Å². The molecule has 0 aliphatic carbocycles. The number of nitrogens with zero attached hydrogens (tertiary/aromatic N) is 1. The lowest BCUT2D eigenvalue weighted by Gasteiger charge is -2.19. The van der Waals surface area contributed by atoms with Crippen molar-refractivity contribution in [1.29, 1.82) is 0 Å². The summed E-state index contributed by atoms with van der Waals surface area (Å²) in [6, 6.07) is 12.9. The van der Waals surface area contributed by atoms with Crippen LogP contribution in [0.3, 0.4) is 0 Å². The van der Waals surface area contributed by atoms with Crippen LogP contribution in [0.25, 0.3) is 0 Å². The van der Waals surface area contributed by atoms with Gasteiger partial charge in [-0.1, -0.05) is 51.1 Å². The molecule has 1 unspecified atom stereocenters. The number of rotatable bonds is 6. The van der Waals surface area contributed by atoms with Crippen LogP contribution in [0.1, 0.15) is 37.5 Å². The van der Waals surface area contributed by atoms with Gasteiger partial charge in [0.2, 0.25) is 0 Å². The third-order valence-corrected chi connectivity index (χ3v) is 5.27. The van der Waals surface area contributed by atoms with Crippen molar-refractivity contribution in [2.45, 2.75) is 39.3 Å². The van der Waals surface area contributed by atoms with Gasteiger partial charge in [0.1, 0.15) is 5.82 Å². The Bertz CT molecular complexity index is 852. The van der Waals surface area contributed by atoms with E-state index >= 15 is 0 Å². The number of anilines is 1. The molecule has 0 aromatic heterocycles. The Hall–Kier alpha value is -2.03. The zero-order valence-electron chi connectivity index (χ0n) is 16.5. The van der Waals surface area contributed by atoms with E-state index in [1.807, 2.05) is 0 Å². The van der Waals surface area contributed by atoms with Crippen LogP contribution in [0, 0.1) is 5.82 Å². The standard InChI is InChI=1S/C20H26FN3O2S2/c1-20(2,3)16-8-5-14(6-9-16)12-22-19(27)23-13-15-7-10-18(17(21)11-15)24(4)28(25)26/h5-11H,12-13H2,1-4H3,(H,25,26)(H2,22,23,27). The van der Waals surface area contributed by atoms with Crippen LogP contribution in [0.5, 0.6) is 0 Å². The normalized spacial score (nSPS) is 12.4. The summed E-state index contributed by atoms with van der Waals surface area (Å²) >= 11 is 3.00. The molecule has 0 bridgehead atoms. The number of benzene rings is 2. The van der Waals surface area contributed by atoms with Crippen molar-refractivity contribution >= 4 is 34.3 Å². The highest BCUT2D eigenvalue weighted by Gasteiger charge is 2.13. The summed E-state index contributed by atoms with van der Waals surface area (Å²) in [6.07, 6.45) is 0. The first kappa shape index (κ1) is 22.3. The smallest absolute Gasteiger partial charge is 0.261 e. The molecule has 0 saturated heterocycles. The summed E-state index contributed by atoms with van der Waals surface area (Å²) in [7, 11) is 1.35. The van der Waals surface area contributed by atoms with Crippen LogP contribution in [-0.2, 0) is 29.8 Å². The molecule has 0 aliphatic rings. The predicted molar refractivity (Wildman–Crippen MR) is 117 cm³/mol. The highest BCUT2D eigenvalue weighted by Crippen LogP contribution is 2.22. The second kappa shape index (κ2) is 9.45. The fourth-order valence-corrected chi connectivity index (χ4v) is 3.01. The predicted octanol–water partition coefficient (Wildman–Crippen LogP) is 3.86. The van der Waals surface area contributed by atoms with Crippen molar-refractivity contribution in [3.05, 3.63) is 65.0 Å². The molecule has 0 spiro atoms. The molecule has 0 saturated carbocycles. The summed E-state index contributed by atoms with van der Waals surface area (Å²) in [5, 5.41) is 6.64. The summed E-state index contributed by atoms with van der Waals surface area (Å²) < 4.78 is 35.1. The second-order valence-electron chi connectivity index (χ2n) is 7.50. The molecule has 0 heterocycles. The lowest BCUT2D eigenvalue weighted by Crippen LogP contribution is -2.34. The molecular formula is C20H26FN3O2S2. The minimum Gasteiger partial charge on any atom is -0.359 e. The van der Waals surface area contributed by atoms with Crippen molar-refractivity contribution < 1.29 is 13.2 Å². The largest absolute Gasteiger partial charge is 0.359 e. The molecule has 2 rings (SSSR count). The van der Waals surface area contributed by atoms with Gasteiger partial charge in [-0.3, -0.25) is 8.86 Å². The van der Waals surface area contributed by atoms with Crippen LogP contribution < -0.4 is 14.9 Å². The highest BCUT2D eigenvalue weighted by atomic mass is 32.2. The number of hydrogen-bond acceptors (Lipinski definition) is 2. The third-order valence-electron chi connectivity index (χ3n) is 4.31. The Morgan fingerprint density at radius 1 is 1.11 bits per heavy atom. The van der Waals surface area contributed by atoms with E-state index in [9.17, 15) is 8.60 Å². The van der Waals surface area contributed by atoms with Crippen LogP contribution in [0.2, 0.25) is 0 Å². The maximum atomic E-state index is 14.1. The molecule has 0 radical (unpaired) electrons. The molecule has 2 aromatic rings. The quantitative estimate of drug-likeness (QED) is 0.486. The van der Waals surface area contributed by atoms with E-state index in [2.05, 4.69) is 55.7 Å². The van der Waals surface area contributed by atoms with Gasteiger partial charge in [-0.15, -0.1) is 0 Å². The molecule has 5 nitrogen and oxygen atoms in total. The SMILES string of the molecule is CN(c1ccc(CNC(=S)NCc2ccc(C(C)(C)C)cc2)cc1F)S(=O)O. The molecule has 1 atom stereocenters. The average Bonchev–Trinajstić information content (AvgIpc) is 2.63. The monoisotopic (exact) mass is 423 g/mol. The molecule has 0 fully saturated rings. The van der Waals surface area contributed by atoms with E-state index in [1.54, 1.807) is 6.07 Å². The number of thiocarbonyl (C=S) groups is 1. The molecule has 152 valence electrons. The van der Waals surface area contributed by atoms with Gasteiger partial charge in [-0.25, -0.2) is 8.60 Å². The highest BCUT2D eigenvalue weighted by molar-refractivity contribution is 7.80. The fraction of sp³-hybridized carbons (Fsp3) is 0.350. The third kappa shape index (κ3) is 6.25. The van der Waals surface area contributed by atoms with Crippen molar-refractivity contribution in [3.63, 3.8) is 0 Å². The van der Waals surface area contributed by atoms with Gasteiger partial charge in [0.05, 0.1) is 5.69 Å². The Balaban J connectivity index is 1.85. The lowest BCUT2D eigenvalue weighted by molar-refractivity contribution is 0.559. The van der Waals surface area contributed by atoms with E-state index in [-0.39, 0.29) is 11.1 Å². The fourth-order valence-electron chi connectivity index (χ4n) is 2.55. The van der Waals surface area contributed by atoms with Gasteiger partial charge >= 0.3 is 0 Å². The second-order valence-corrected chi connectivity index (χ2v) is 8.91. The van der Waals surface area contributed by atoms with Gasteiger partial charge in [0.25, 0.3) is 11.3 Å².